The first-order valence-corrected chi connectivity index (χ1v) is 11.3. The maximum Gasteiger partial charge on any atom is 0.338 e. The molecule has 11 heteroatoms. The van der Waals surface area contributed by atoms with Crippen molar-refractivity contribution >= 4 is 23.0 Å². The highest BCUT2D eigenvalue weighted by atomic mass is 18.2. The molecule has 3 aromatic carbocycles. The SMILES string of the molecule is O=C(OCCOCOn1nnc2ccccc21)c1ccccc1.O=C(OCCOC[18F])c1ccccc1. The number of alkyl halides is 1. The van der Waals surface area contributed by atoms with Gasteiger partial charge in [0.1, 0.15) is 24.2 Å². The number of fused-ring (bicyclic) bond motifs is 1. The number of rotatable bonds is 12. The number of carbonyl (C=O) groups is 2. The number of esters is 2. The standard InChI is InChI=1S/C16H15N3O4.C10H11FO3/c20-16(13-6-2-1-3-7-13)22-11-10-21-12-23-19-15-9-5-4-8-14(15)17-18-19;11-8-13-6-7-14-10(12)9-4-2-1-3-5-9/h1-9H,10-12H2;1-5H,6-8H2/i;11-1. The Morgan fingerprint density at radius 2 is 1.24 bits per heavy atom. The van der Waals surface area contributed by atoms with Crippen LogP contribution in [-0.4, -0.2) is 67.2 Å². The van der Waals surface area contributed by atoms with Crippen molar-refractivity contribution < 1.29 is 37.8 Å². The van der Waals surface area contributed by atoms with Gasteiger partial charge < -0.3 is 23.8 Å². The molecule has 1 heterocycles. The van der Waals surface area contributed by atoms with E-state index in [1.165, 1.54) is 4.85 Å². The lowest BCUT2D eigenvalue weighted by Crippen LogP contribution is -2.19. The van der Waals surface area contributed by atoms with Crippen LogP contribution in [0.1, 0.15) is 20.7 Å². The van der Waals surface area contributed by atoms with E-state index in [2.05, 4.69) is 15.0 Å². The Balaban J connectivity index is 0.000000233. The topological polar surface area (TPSA) is 111 Å². The van der Waals surface area contributed by atoms with Gasteiger partial charge in [-0.15, -0.1) is 5.10 Å². The summed E-state index contributed by atoms with van der Waals surface area (Å²) >= 11 is 0. The summed E-state index contributed by atoms with van der Waals surface area (Å²) in [5.41, 5.74) is 2.49. The molecule has 0 N–H and O–H groups in total. The predicted octanol–water partition coefficient (Wildman–Crippen LogP) is 3.48. The second kappa shape index (κ2) is 15.6. The van der Waals surface area contributed by atoms with E-state index in [9.17, 15) is 14.0 Å². The minimum absolute atomic E-state index is 0.0176. The van der Waals surface area contributed by atoms with Crippen LogP contribution in [0.4, 0.5) is 4.39 Å². The predicted molar refractivity (Wildman–Crippen MR) is 130 cm³/mol. The average molecular weight is 511 g/mol. The van der Waals surface area contributed by atoms with Crippen LogP contribution < -0.4 is 4.84 Å². The van der Waals surface area contributed by atoms with E-state index in [1.807, 2.05) is 36.4 Å². The van der Waals surface area contributed by atoms with Crippen molar-refractivity contribution in [3.05, 3.63) is 96.1 Å². The zero-order valence-electron chi connectivity index (χ0n) is 19.9. The molecule has 37 heavy (non-hydrogen) atoms. The number of carbonyl (C=O) groups excluding carboxylic acids is 2. The number of ether oxygens (including phenoxy) is 4. The van der Waals surface area contributed by atoms with Gasteiger partial charge in [-0.05, 0) is 41.6 Å². The molecule has 0 amide bonds. The molecule has 0 aliphatic rings. The fraction of sp³-hybridized carbons (Fsp3) is 0.231. The molecule has 0 bridgehead atoms. The molecule has 1 aromatic heterocycles. The van der Waals surface area contributed by atoms with Gasteiger partial charge in [0.15, 0.2) is 6.86 Å². The third kappa shape index (κ3) is 9.32. The highest BCUT2D eigenvalue weighted by molar-refractivity contribution is 5.89. The molecule has 10 nitrogen and oxygen atoms in total. The zero-order valence-corrected chi connectivity index (χ0v) is 19.9. The Hall–Kier alpha value is -4.35. The molecular formula is C26H26FN3O7. The van der Waals surface area contributed by atoms with Crippen molar-refractivity contribution in [3.63, 3.8) is 0 Å². The summed E-state index contributed by atoms with van der Waals surface area (Å²) < 4.78 is 31.0. The maximum absolute atomic E-state index is 11.7. The molecule has 0 unspecified atom stereocenters. The summed E-state index contributed by atoms with van der Waals surface area (Å²) in [6, 6.07) is 24.8. The summed E-state index contributed by atoms with van der Waals surface area (Å²) in [5, 5.41) is 7.81. The number of para-hydroxylation sites is 1. The van der Waals surface area contributed by atoms with Crippen molar-refractivity contribution in [2.75, 3.05) is 40.1 Å². The van der Waals surface area contributed by atoms with Crippen LogP contribution in [0.5, 0.6) is 0 Å². The van der Waals surface area contributed by atoms with Gasteiger partial charge in [-0.3, -0.25) is 0 Å². The number of hydrogen-bond acceptors (Lipinski definition) is 9. The van der Waals surface area contributed by atoms with E-state index in [4.69, 9.17) is 19.0 Å². The Morgan fingerprint density at radius 3 is 1.84 bits per heavy atom. The largest absolute Gasteiger partial charge is 0.460 e. The summed E-state index contributed by atoms with van der Waals surface area (Å²) in [6.07, 6.45) is 0. The number of benzene rings is 3. The van der Waals surface area contributed by atoms with Crippen molar-refractivity contribution in [2.45, 2.75) is 0 Å². The van der Waals surface area contributed by atoms with Crippen molar-refractivity contribution in [2.24, 2.45) is 0 Å². The van der Waals surface area contributed by atoms with Crippen LogP contribution in [0, 0.1) is 0 Å². The van der Waals surface area contributed by atoms with Crippen molar-refractivity contribution in [1.29, 1.82) is 0 Å². The molecule has 0 aliphatic heterocycles. The van der Waals surface area contributed by atoms with Gasteiger partial charge in [0, 0.05) is 0 Å². The fourth-order valence-electron chi connectivity index (χ4n) is 2.85. The molecule has 4 rings (SSSR count). The van der Waals surface area contributed by atoms with E-state index in [-0.39, 0.29) is 39.2 Å². The van der Waals surface area contributed by atoms with E-state index in [1.54, 1.807) is 48.5 Å². The van der Waals surface area contributed by atoms with E-state index < -0.39 is 12.8 Å². The van der Waals surface area contributed by atoms with Crippen LogP contribution in [0.2, 0.25) is 0 Å². The zero-order chi connectivity index (χ0) is 26.1. The Labute approximate surface area is 212 Å². The lowest BCUT2D eigenvalue weighted by Gasteiger charge is -2.07. The molecule has 0 saturated heterocycles. The molecule has 4 aromatic rings. The molecule has 0 fully saturated rings. The van der Waals surface area contributed by atoms with Crippen molar-refractivity contribution in [1.82, 2.24) is 15.2 Å². The van der Waals surface area contributed by atoms with Gasteiger partial charge in [0.25, 0.3) is 0 Å². The molecule has 0 atom stereocenters. The van der Waals surface area contributed by atoms with Crippen LogP contribution in [0.15, 0.2) is 84.9 Å². The summed E-state index contributed by atoms with van der Waals surface area (Å²) in [5.74, 6) is -0.801. The summed E-state index contributed by atoms with van der Waals surface area (Å²) in [4.78, 5) is 29.5. The molecular weight excluding hydrogens is 484 g/mol. The van der Waals surface area contributed by atoms with Crippen molar-refractivity contribution in [3.8, 4) is 0 Å². The quantitative estimate of drug-likeness (QED) is 0.161. The van der Waals surface area contributed by atoms with E-state index in [0.29, 0.717) is 11.1 Å². The minimum atomic E-state index is -0.858. The Bertz CT molecular complexity index is 1220. The smallest absolute Gasteiger partial charge is 0.338 e. The van der Waals surface area contributed by atoms with Gasteiger partial charge in [-0.1, -0.05) is 53.4 Å². The molecule has 0 radical (unpaired) electrons. The number of hydrogen-bond donors (Lipinski definition) is 0. The first-order valence-electron chi connectivity index (χ1n) is 11.3. The van der Waals surface area contributed by atoms with Crippen LogP contribution in [0.3, 0.4) is 0 Å². The third-order valence-corrected chi connectivity index (χ3v) is 4.60. The van der Waals surface area contributed by atoms with Gasteiger partial charge >= 0.3 is 11.9 Å². The molecule has 194 valence electrons. The number of nitrogens with zero attached hydrogens (tertiary/aromatic N) is 3. The highest BCUT2D eigenvalue weighted by Crippen LogP contribution is 2.08. The molecule has 0 saturated carbocycles. The first-order chi connectivity index (χ1) is 18.2. The first kappa shape index (κ1) is 27.2. The lowest BCUT2D eigenvalue weighted by atomic mass is 10.2. The highest BCUT2D eigenvalue weighted by Gasteiger charge is 2.07. The van der Waals surface area contributed by atoms with Gasteiger partial charge in [-0.25, -0.2) is 14.0 Å². The van der Waals surface area contributed by atoms with Gasteiger partial charge in [0.05, 0.1) is 24.3 Å². The summed E-state index contributed by atoms with van der Waals surface area (Å²) in [6.45, 7) is -0.355. The van der Waals surface area contributed by atoms with Gasteiger partial charge in [0.2, 0.25) is 6.79 Å². The average Bonchev–Trinajstić information content (AvgIpc) is 3.37. The number of halogens is 1. The van der Waals surface area contributed by atoms with E-state index >= 15 is 0 Å². The van der Waals surface area contributed by atoms with Crippen LogP contribution in [0.25, 0.3) is 11.0 Å². The molecule has 0 spiro atoms. The van der Waals surface area contributed by atoms with Gasteiger partial charge in [-0.2, -0.15) is 0 Å². The second-order valence-corrected chi connectivity index (χ2v) is 7.13. The number of aromatic nitrogens is 3. The monoisotopic (exact) mass is 510 g/mol. The Kier molecular flexibility index (Phi) is 11.5. The lowest BCUT2D eigenvalue weighted by molar-refractivity contribution is -0.0772. The minimum Gasteiger partial charge on any atom is -0.460 e. The normalized spacial score (nSPS) is 10.3. The van der Waals surface area contributed by atoms with E-state index in [0.717, 1.165) is 11.0 Å². The fourth-order valence-corrected chi connectivity index (χ4v) is 2.85. The maximum atomic E-state index is 11.7. The van der Waals surface area contributed by atoms with Crippen LogP contribution >= 0.6 is 0 Å². The summed E-state index contributed by atoms with van der Waals surface area (Å²) in [7, 11) is 0. The third-order valence-electron chi connectivity index (χ3n) is 4.60. The second-order valence-electron chi connectivity index (χ2n) is 7.13. The van der Waals surface area contributed by atoms with Crippen LogP contribution in [-0.2, 0) is 18.9 Å². The Morgan fingerprint density at radius 1 is 0.703 bits per heavy atom. The molecule has 0 aliphatic carbocycles.